The van der Waals surface area contributed by atoms with Crippen LogP contribution in [0.4, 0.5) is 0 Å². The number of fused-ring (bicyclic) bond motifs is 2. The molecule has 7 rings (SSSR count). The Labute approximate surface area is 460 Å². The van der Waals surface area contributed by atoms with Crippen molar-refractivity contribution in [1.82, 2.24) is 9.19 Å². The van der Waals surface area contributed by atoms with Crippen molar-refractivity contribution in [3.8, 4) is 46.7 Å². The molecule has 0 N–H and O–H groups in total. The molecule has 0 unspecified atom stereocenters. The summed E-state index contributed by atoms with van der Waals surface area (Å²) in [6.45, 7) is 5.81. The standard InChI is InChI=1S/C64H82B2N4O6/c1-3-5-7-9-11-13-15-17-19-21-23-25-47-73-59-43-35-57(36-44-59)63(71)75-61-39-31-53(32-40-61)27-29-55-49-67-65-69-51-56(52-70(69)66-68(67)50-55)30-28-54-33-41-62(42-34-54)76-64(72)58-37-45-60(46-38-58)74-48-26-24-22-20-18-16-14-12-10-8-6-4-2/h31-46,49-52H,3-26,47-48,65-66H2,1-2H3/i65D2,66D2. The molecule has 0 saturated carbocycles. The van der Waals surface area contributed by atoms with Gasteiger partial charge in [-0.1, -0.05) is 179 Å². The van der Waals surface area contributed by atoms with Gasteiger partial charge in [0, 0.05) is 23.5 Å². The summed E-state index contributed by atoms with van der Waals surface area (Å²) < 4.78 is 64.6. The molecule has 0 saturated heterocycles. The van der Waals surface area contributed by atoms with Crippen LogP contribution in [-0.4, -0.2) is 54.6 Å². The van der Waals surface area contributed by atoms with Crippen molar-refractivity contribution in [3.05, 3.63) is 155 Å². The van der Waals surface area contributed by atoms with E-state index in [2.05, 4.69) is 37.5 Å². The molecular weight excluding hydrogens is 942 g/mol. The molecule has 0 radical (unpaired) electrons. The molecule has 6 aromatic rings. The molecule has 0 spiro atoms. The van der Waals surface area contributed by atoms with Crippen molar-refractivity contribution in [2.75, 3.05) is 13.2 Å². The fourth-order valence-corrected chi connectivity index (χ4v) is 9.12. The predicted molar refractivity (Wildman–Crippen MR) is 309 cm³/mol. The van der Waals surface area contributed by atoms with Crippen LogP contribution in [0, 0.1) is 23.7 Å². The Balaban J connectivity index is 0.823. The quantitative estimate of drug-likeness (QED) is 0.0137. The molecule has 0 amide bonds. The molecular formula is C64H82B2N4O6. The van der Waals surface area contributed by atoms with Crippen LogP contribution < -0.4 is 28.1 Å². The molecule has 76 heavy (non-hydrogen) atoms. The zero-order chi connectivity index (χ0) is 56.4. The van der Waals surface area contributed by atoms with Crippen LogP contribution in [0.15, 0.2) is 122 Å². The first-order valence-corrected chi connectivity index (χ1v) is 28.5. The first-order chi connectivity index (χ1) is 38.9. The molecule has 0 aliphatic carbocycles. The van der Waals surface area contributed by atoms with Crippen LogP contribution in [0.3, 0.4) is 0 Å². The van der Waals surface area contributed by atoms with Crippen LogP contribution in [0.5, 0.6) is 23.0 Å². The van der Waals surface area contributed by atoms with Crippen molar-refractivity contribution >= 4 is 26.9 Å². The van der Waals surface area contributed by atoms with Gasteiger partial charge in [-0.15, -0.1) is 5.34 Å². The fraction of sp³-hybridized carbons (Fsp3) is 0.438. The van der Waals surface area contributed by atoms with E-state index in [1.165, 1.54) is 172 Å². The van der Waals surface area contributed by atoms with Gasteiger partial charge in [0.1, 0.15) is 34.1 Å². The molecule has 10 nitrogen and oxygen atoms in total. The van der Waals surface area contributed by atoms with Crippen LogP contribution >= 0.6 is 0 Å². The van der Waals surface area contributed by atoms with Crippen molar-refractivity contribution in [2.24, 2.45) is 0 Å². The minimum atomic E-state index is -3.05. The van der Waals surface area contributed by atoms with Gasteiger partial charge in [-0.05, 0) is 110 Å². The molecule has 0 fully saturated rings. The van der Waals surface area contributed by atoms with Crippen molar-refractivity contribution in [3.63, 3.8) is 0 Å². The Morgan fingerprint density at radius 1 is 0.408 bits per heavy atom. The van der Waals surface area contributed by atoms with E-state index in [-0.39, 0.29) is 0 Å². The molecule has 0 bridgehead atoms. The summed E-state index contributed by atoms with van der Waals surface area (Å²) in [6.07, 6.45) is 37.0. The summed E-state index contributed by atoms with van der Waals surface area (Å²) >= 11 is 0. The number of nitrogens with zero attached hydrogens (tertiary/aromatic N) is 4. The number of hydrogen-bond donors (Lipinski definition) is 0. The molecule has 1 aliphatic heterocycles. The van der Waals surface area contributed by atoms with Gasteiger partial charge < -0.3 is 37.3 Å². The van der Waals surface area contributed by atoms with E-state index >= 15 is 0 Å². The van der Waals surface area contributed by atoms with Gasteiger partial charge >= 0.3 is 26.9 Å². The largest absolute Gasteiger partial charge is 0.494 e. The first-order valence-electron chi connectivity index (χ1n) is 30.8. The highest BCUT2D eigenvalue weighted by molar-refractivity contribution is 6.28. The SMILES string of the molecule is [2H][B-]1([2H])n2cc(C#Cc3ccc(OC(=O)c4ccc(OCCCCCCCCCCCCCC)cc4)cc3)c[n+]2[B-]([2H])([2H])n2cc(C#Cc3ccc(OC(=O)c4ccc(OCCCCCCCCCCCCCC)cc4)cc3)c[n+]21. The number of hydrogen-bond acceptors (Lipinski definition) is 6. The second-order valence-corrected chi connectivity index (χ2v) is 20.0. The number of carbonyl (C=O) groups excluding carboxylic acids is 2. The third-order valence-corrected chi connectivity index (χ3v) is 13.6. The highest BCUT2D eigenvalue weighted by atomic mass is 16.5. The van der Waals surface area contributed by atoms with E-state index in [9.17, 15) is 9.59 Å². The van der Waals surface area contributed by atoms with Gasteiger partial charge in [0.2, 0.25) is 0 Å². The summed E-state index contributed by atoms with van der Waals surface area (Å²) in [6, 6.07) is 27.5. The Morgan fingerprint density at radius 2 is 0.697 bits per heavy atom. The fourth-order valence-electron chi connectivity index (χ4n) is 9.12. The van der Waals surface area contributed by atoms with Gasteiger partial charge in [-0.3, -0.25) is 0 Å². The summed E-state index contributed by atoms with van der Waals surface area (Å²) in [7, 11) is -6.09. The van der Waals surface area contributed by atoms with Gasteiger partial charge in [0.25, 0.3) is 0 Å². The van der Waals surface area contributed by atoms with Crippen LogP contribution in [0.1, 0.15) is 211 Å². The minimum absolute atomic E-state index is 0.358. The maximum atomic E-state index is 12.9. The van der Waals surface area contributed by atoms with E-state index < -0.39 is 26.9 Å². The van der Waals surface area contributed by atoms with E-state index in [0.29, 0.717) is 58.1 Å². The minimum Gasteiger partial charge on any atom is -0.494 e. The average molecular weight is 1030 g/mol. The zero-order valence-corrected chi connectivity index (χ0v) is 45.3. The second-order valence-electron chi connectivity index (χ2n) is 20.0. The summed E-state index contributed by atoms with van der Waals surface area (Å²) in [4.78, 5) is 25.9. The number of esters is 2. The first kappa shape index (κ1) is 51.2. The predicted octanol–water partition coefficient (Wildman–Crippen LogP) is 12.4. The number of ether oxygens (including phenoxy) is 4. The molecule has 400 valence electrons. The molecule has 0 atom stereocenters. The number of aromatic nitrogens is 4. The van der Waals surface area contributed by atoms with Crippen LogP contribution in [0.2, 0.25) is 0 Å². The maximum Gasteiger partial charge on any atom is 0.415 e. The lowest BCUT2D eigenvalue weighted by Gasteiger charge is -2.20. The monoisotopic (exact) mass is 1030 g/mol. The molecule has 12 heteroatoms. The molecule has 1 aliphatic rings. The van der Waals surface area contributed by atoms with Crippen LogP contribution in [0.25, 0.3) is 0 Å². The number of rotatable bonds is 32. The lowest BCUT2D eigenvalue weighted by Crippen LogP contribution is -2.70. The van der Waals surface area contributed by atoms with Crippen molar-refractivity contribution in [1.29, 1.82) is 5.34 Å². The zero-order valence-electron chi connectivity index (χ0n) is 49.3. The van der Waals surface area contributed by atoms with E-state index in [1.54, 1.807) is 97.1 Å². The highest BCUT2D eigenvalue weighted by Gasteiger charge is 2.19. The van der Waals surface area contributed by atoms with E-state index in [0.717, 1.165) is 37.2 Å². The Kier molecular flexibility index (Phi) is 21.9. The van der Waals surface area contributed by atoms with Gasteiger partial charge in [-0.2, -0.15) is 0 Å². The Bertz CT molecular complexity index is 2750. The highest BCUT2D eigenvalue weighted by Crippen LogP contribution is 2.20. The Hall–Kier alpha value is -6.91. The smallest absolute Gasteiger partial charge is 0.415 e. The lowest BCUT2D eigenvalue weighted by atomic mass is 10.1. The van der Waals surface area contributed by atoms with Gasteiger partial charge in [-0.25, -0.2) is 9.59 Å². The maximum absolute atomic E-state index is 12.9. The summed E-state index contributed by atoms with van der Waals surface area (Å²) in [5.41, 5.74) is 2.91. The van der Waals surface area contributed by atoms with E-state index in [1.807, 2.05) is 0 Å². The van der Waals surface area contributed by atoms with Crippen molar-refractivity contribution in [2.45, 2.75) is 168 Å². The third-order valence-electron chi connectivity index (χ3n) is 13.6. The van der Waals surface area contributed by atoms with Gasteiger partial charge in [0.15, 0.2) is 12.4 Å². The Morgan fingerprint density at radius 3 is 1.03 bits per heavy atom. The third kappa shape index (κ3) is 20.0. The summed E-state index contributed by atoms with van der Waals surface area (Å²) in [5, 5.41) is 0. The topological polar surface area (TPSA) is 88.7 Å². The summed E-state index contributed by atoms with van der Waals surface area (Å²) in [5.74, 6) is 13.4. The molecule has 3 heterocycles. The lowest BCUT2D eigenvalue weighted by molar-refractivity contribution is -0.690. The normalized spacial score (nSPS) is 13.5. The number of unbranched alkanes of at least 4 members (excludes halogenated alkanes) is 22. The molecule has 4 aromatic carbocycles. The van der Waals surface area contributed by atoms with E-state index in [4.69, 9.17) is 24.3 Å². The van der Waals surface area contributed by atoms with Crippen molar-refractivity contribution < 1.29 is 37.7 Å². The van der Waals surface area contributed by atoms with Gasteiger partial charge in [0.05, 0.1) is 24.3 Å². The van der Waals surface area contributed by atoms with Crippen LogP contribution in [-0.2, 0) is 0 Å². The molecule has 2 aromatic heterocycles. The number of carbonyl (C=O) groups is 2. The average Bonchev–Trinajstić information content (AvgIpc) is 4.33. The second kappa shape index (κ2) is 32.5. The number of benzene rings is 4.